The second-order valence-electron chi connectivity index (χ2n) is 4.75. The highest BCUT2D eigenvalue weighted by molar-refractivity contribution is 8.00. The maximum absolute atomic E-state index is 11.3. The molecular weight excluding hydrogens is 300 g/mol. The summed E-state index contributed by atoms with van der Waals surface area (Å²) in [5.41, 5.74) is 2.35. The van der Waals surface area contributed by atoms with E-state index in [-0.39, 0.29) is 5.78 Å². The number of carbonyl (C=O) groups excluding carboxylic acids is 1. The van der Waals surface area contributed by atoms with E-state index in [0.717, 1.165) is 15.2 Å². The summed E-state index contributed by atoms with van der Waals surface area (Å²) in [5.74, 6) is 0.592. The Hall–Kier alpha value is -1.72. The maximum Gasteiger partial charge on any atom is 0.140 e. The normalized spacial score (nSPS) is 11.0. The van der Waals surface area contributed by atoms with Crippen molar-refractivity contribution in [2.75, 3.05) is 5.75 Å². The minimum absolute atomic E-state index is 0.153. The molecule has 0 saturated heterocycles. The quantitative estimate of drug-likeness (QED) is 0.530. The highest BCUT2D eigenvalue weighted by Crippen LogP contribution is 2.41. The molecule has 0 fully saturated rings. The van der Waals surface area contributed by atoms with E-state index in [1.54, 1.807) is 24.6 Å². The van der Waals surface area contributed by atoms with Gasteiger partial charge in [-0.2, -0.15) is 0 Å². The Labute approximate surface area is 131 Å². The van der Waals surface area contributed by atoms with E-state index in [1.165, 1.54) is 27.8 Å². The van der Waals surface area contributed by atoms with Gasteiger partial charge in [0.1, 0.15) is 22.0 Å². The second kappa shape index (κ2) is 5.95. The fourth-order valence-electron chi connectivity index (χ4n) is 2.25. The molecule has 5 heteroatoms. The van der Waals surface area contributed by atoms with Crippen LogP contribution in [-0.2, 0) is 4.79 Å². The van der Waals surface area contributed by atoms with Crippen LogP contribution in [0.1, 0.15) is 11.8 Å². The van der Waals surface area contributed by atoms with Crippen molar-refractivity contribution in [3.05, 3.63) is 41.5 Å². The van der Waals surface area contributed by atoms with Crippen molar-refractivity contribution in [1.82, 2.24) is 9.97 Å². The number of rotatable bonds is 4. The van der Waals surface area contributed by atoms with Gasteiger partial charge in [0.25, 0.3) is 0 Å². The first-order valence-electron chi connectivity index (χ1n) is 6.58. The fourth-order valence-corrected chi connectivity index (χ4v) is 4.13. The number of thiophene rings is 1. The molecule has 2 heterocycles. The average Bonchev–Trinajstić information content (AvgIpc) is 2.82. The largest absolute Gasteiger partial charge is 0.299 e. The molecule has 21 heavy (non-hydrogen) atoms. The van der Waals surface area contributed by atoms with Crippen LogP contribution in [0.2, 0.25) is 0 Å². The third-order valence-electron chi connectivity index (χ3n) is 3.10. The SMILES string of the molecule is CC(=O)CSc1ncnc2sc(C)c(-c3ccccc3)c12. The molecule has 3 aromatic rings. The second-order valence-corrected chi connectivity index (χ2v) is 6.92. The first-order valence-corrected chi connectivity index (χ1v) is 8.39. The monoisotopic (exact) mass is 314 g/mol. The summed E-state index contributed by atoms with van der Waals surface area (Å²) in [6, 6.07) is 10.3. The lowest BCUT2D eigenvalue weighted by Crippen LogP contribution is -1.95. The number of Topliss-reactive ketones (excluding diaryl/α,β-unsaturated/α-hetero) is 1. The van der Waals surface area contributed by atoms with E-state index in [9.17, 15) is 4.79 Å². The van der Waals surface area contributed by atoms with Crippen molar-refractivity contribution in [1.29, 1.82) is 0 Å². The molecule has 0 atom stereocenters. The van der Waals surface area contributed by atoms with Crippen LogP contribution in [0.4, 0.5) is 0 Å². The third-order valence-corrected chi connectivity index (χ3v) is 5.25. The number of aromatic nitrogens is 2. The summed E-state index contributed by atoms with van der Waals surface area (Å²) in [6.45, 7) is 3.70. The first kappa shape index (κ1) is 14.2. The molecule has 0 aliphatic heterocycles. The molecule has 0 saturated carbocycles. The van der Waals surface area contributed by atoms with Crippen LogP contribution >= 0.6 is 23.1 Å². The van der Waals surface area contributed by atoms with E-state index < -0.39 is 0 Å². The van der Waals surface area contributed by atoms with E-state index in [2.05, 4.69) is 29.0 Å². The molecule has 1 aromatic carbocycles. The van der Waals surface area contributed by atoms with E-state index >= 15 is 0 Å². The van der Waals surface area contributed by atoms with Crippen LogP contribution in [0.25, 0.3) is 21.3 Å². The molecule has 106 valence electrons. The molecule has 0 spiro atoms. The smallest absolute Gasteiger partial charge is 0.140 e. The molecule has 3 rings (SSSR count). The van der Waals surface area contributed by atoms with Gasteiger partial charge in [0.05, 0.1) is 11.1 Å². The van der Waals surface area contributed by atoms with Crippen molar-refractivity contribution in [3.8, 4) is 11.1 Å². The molecule has 0 aliphatic carbocycles. The van der Waals surface area contributed by atoms with Gasteiger partial charge in [0.2, 0.25) is 0 Å². The van der Waals surface area contributed by atoms with Crippen molar-refractivity contribution in [2.24, 2.45) is 0 Å². The van der Waals surface area contributed by atoms with Gasteiger partial charge in [-0.1, -0.05) is 42.1 Å². The van der Waals surface area contributed by atoms with Crippen LogP contribution in [0, 0.1) is 6.92 Å². The Morgan fingerprint density at radius 1 is 1.24 bits per heavy atom. The number of thioether (sulfide) groups is 1. The lowest BCUT2D eigenvalue weighted by atomic mass is 10.0. The van der Waals surface area contributed by atoms with Gasteiger partial charge in [-0.25, -0.2) is 9.97 Å². The third kappa shape index (κ3) is 2.84. The molecular formula is C16H14N2OS2. The number of hydrogen-bond donors (Lipinski definition) is 0. The number of aryl methyl sites for hydroxylation is 1. The van der Waals surface area contributed by atoms with Crippen molar-refractivity contribution < 1.29 is 4.79 Å². The minimum Gasteiger partial charge on any atom is -0.299 e. The number of benzene rings is 1. The lowest BCUT2D eigenvalue weighted by Gasteiger charge is -2.05. The molecule has 0 aliphatic rings. The summed E-state index contributed by atoms with van der Waals surface area (Å²) in [4.78, 5) is 22.2. The zero-order valence-corrected chi connectivity index (χ0v) is 13.4. The Bertz CT molecular complexity index is 797. The summed E-state index contributed by atoms with van der Waals surface area (Å²) in [5, 5.41) is 1.95. The van der Waals surface area contributed by atoms with E-state index in [1.807, 2.05) is 18.2 Å². The zero-order chi connectivity index (χ0) is 14.8. The molecule has 0 N–H and O–H groups in total. The van der Waals surface area contributed by atoms with Crippen LogP contribution in [-0.4, -0.2) is 21.5 Å². The fraction of sp³-hybridized carbons (Fsp3) is 0.188. The highest BCUT2D eigenvalue weighted by atomic mass is 32.2. The van der Waals surface area contributed by atoms with Gasteiger partial charge in [0.15, 0.2) is 0 Å². The highest BCUT2D eigenvalue weighted by Gasteiger charge is 2.16. The number of hydrogen-bond acceptors (Lipinski definition) is 5. The van der Waals surface area contributed by atoms with Gasteiger partial charge in [0, 0.05) is 10.4 Å². The summed E-state index contributed by atoms with van der Waals surface area (Å²) in [6.07, 6.45) is 1.58. The summed E-state index contributed by atoms with van der Waals surface area (Å²) < 4.78 is 0. The summed E-state index contributed by atoms with van der Waals surface area (Å²) in [7, 11) is 0. The van der Waals surface area contributed by atoms with Gasteiger partial charge >= 0.3 is 0 Å². The average molecular weight is 314 g/mol. The molecule has 3 nitrogen and oxygen atoms in total. The number of fused-ring (bicyclic) bond motifs is 1. The van der Waals surface area contributed by atoms with Crippen LogP contribution in [0.5, 0.6) is 0 Å². The molecule has 0 radical (unpaired) electrons. The number of nitrogens with zero attached hydrogens (tertiary/aromatic N) is 2. The Morgan fingerprint density at radius 2 is 2.00 bits per heavy atom. The predicted molar refractivity (Wildman–Crippen MR) is 89.0 cm³/mol. The van der Waals surface area contributed by atoms with Gasteiger partial charge < -0.3 is 0 Å². The predicted octanol–water partition coefficient (Wildman–Crippen LogP) is 4.35. The van der Waals surface area contributed by atoms with Gasteiger partial charge in [-0.3, -0.25) is 4.79 Å². The Morgan fingerprint density at radius 3 is 2.71 bits per heavy atom. The number of ketones is 1. The number of carbonyl (C=O) groups is 1. The zero-order valence-electron chi connectivity index (χ0n) is 11.8. The maximum atomic E-state index is 11.3. The molecule has 0 bridgehead atoms. The Kier molecular flexibility index (Phi) is 4.03. The lowest BCUT2D eigenvalue weighted by molar-refractivity contribution is -0.114. The van der Waals surface area contributed by atoms with Crippen LogP contribution < -0.4 is 0 Å². The Balaban J connectivity index is 2.19. The van der Waals surface area contributed by atoms with Crippen LogP contribution in [0.3, 0.4) is 0 Å². The van der Waals surface area contributed by atoms with Crippen LogP contribution in [0.15, 0.2) is 41.7 Å². The van der Waals surface area contributed by atoms with Crippen molar-refractivity contribution in [2.45, 2.75) is 18.9 Å². The first-order chi connectivity index (χ1) is 10.2. The molecule has 0 amide bonds. The van der Waals surface area contributed by atoms with Crippen molar-refractivity contribution >= 4 is 39.1 Å². The van der Waals surface area contributed by atoms with Gasteiger partial charge in [-0.05, 0) is 19.4 Å². The van der Waals surface area contributed by atoms with Gasteiger partial charge in [-0.15, -0.1) is 11.3 Å². The van der Waals surface area contributed by atoms with E-state index in [4.69, 9.17) is 0 Å². The standard InChI is InChI=1S/C16H14N2OS2/c1-10(19)8-20-15-14-13(12-6-4-3-5-7-12)11(2)21-16(14)18-9-17-15/h3-7,9H,8H2,1-2H3. The minimum atomic E-state index is 0.153. The molecule has 2 aromatic heterocycles. The summed E-state index contributed by atoms with van der Waals surface area (Å²) >= 11 is 3.16. The van der Waals surface area contributed by atoms with Crippen molar-refractivity contribution in [3.63, 3.8) is 0 Å². The van der Waals surface area contributed by atoms with E-state index in [0.29, 0.717) is 5.75 Å². The topological polar surface area (TPSA) is 42.9 Å². The molecule has 0 unspecified atom stereocenters.